The number of aromatic nitrogens is 7. The molecule has 2 fully saturated rings. The van der Waals surface area contributed by atoms with Crippen LogP contribution in [-0.2, 0) is 11.3 Å². The van der Waals surface area contributed by atoms with Gasteiger partial charge in [0, 0.05) is 35.5 Å². The van der Waals surface area contributed by atoms with Gasteiger partial charge in [0.2, 0.25) is 5.91 Å². The fraction of sp³-hybridized carbons (Fsp3) is 0.625. The number of fused-ring (bicyclic) bond motifs is 2. The molecule has 2 saturated heterocycles. The summed E-state index contributed by atoms with van der Waals surface area (Å²) in [5.41, 5.74) is 0. The largest absolute Gasteiger partial charge is 0.347 e. The van der Waals surface area contributed by atoms with Crippen LogP contribution in [0.4, 0.5) is 0 Å². The number of aryl methyl sites for hydroxylation is 1. The lowest BCUT2D eigenvalue weighted by molar-refractivity contribution is -0.122. The number of carbonyl (C=O) groups is 1. The van der Waals surface area contributed by atoms with Crippen molar-refractivity contribution in [2.45, 2.75) is 89.5 Å². The molecule has 11 nitrogen and oxygen atoms in total. The summed E-state index contributed by atoms with van der Waals surface area (Å²) in [5, 5.41) is 32.7. The molecule has 12 heteroatoms. The van der Waals surface area contributed by atoms with E-state index >= 15 is 0 Å². The highest BCUT2D eigenvalue weighted by molar-refractivity contribution is 7.12. The van der Waals surface area contributed by atoms with Crippen molar-refractivity contribution in [3.63, 3.8) is 0 Å². The molecule has 4 atom stereocenters. The Morgan fingerprint density at radius 1 is 1.22 bits per heavy atom. The predicted octanol–water partition coefficient (Wildman–Crippen LogP) is 2.75. The first kappa shape index (κ1) is 24.5. The van der Waals surface area contributed by atoms with E-state index in [0.29, 0.717) is 28.9 Å². The zero-order chi connectivity index (χ0) is 25.2. The van der Waals surface area contributed by atoms with Crippen LogP contribution in [0.2, 0.25) is 0 Å². The molecule has 190 valence electrons. The van der Waals surface area contributed by atoms with E-state index in [-0.39, 0.29) is 18.5 Å². The summed E-state index contributed by atoms with van der Waals surface area (Å²) in [7, 11) is 0. The van der Waals surface area contributed by atoms with Crippen LogP contribution in [0.15, 0.2) is 18.5 Å². The lowest BCUT2D eigenvalue weighted by Gasteiger charge is -2.40. The number of nitrogens with one attached hydrogen (secondary N) is 1. The Balaban J connectivity index is 1.26. The number of thiophene rings is 1. The van der Waals surface area contributed by atoms with Gasteiger partial charge in [-0.25, -0.2) is 0 Å². The number of carbonyl (C=O) groups excluding carboxylic acids is 1. The molecule has 2 aliphatic rings. The van der Waals surface area contributed by atoms with Gasteiger partial charge in [-0.2, -0.15) is 10.1 Å². The zero-order valence-corrected chi connectivity index (χ0v) is 21.7. The lowest BCUT2D eigenvalue weighted by atomic mass is 9.95. The van der Waals surface area contributed by atoms with Gasteiger partial charge in [0.25, 0.3) is 0 Å². The molecule has 3 aromatic rings. The van der Waals surface area contributed by atoms with Crippen molar-refractivity contribution in [1.29, 1.82) is 5.26 Å². The van der Waals surface area contributed by atoms with E-state index < -0.39 is 0 Å². The van der Waals surface area contributed by atoms with Crippen molar-refractivity contribution >= 4 is 17.2 Å². The third kappa shape index (κ3) is 5.03. The molecule has 36 heavy (non-hydrogen) atoms. The lowest BCUT2D eigenvalue weighted by Crippen LogP contribution is -2.45. The summed E-state index contributed by atoms with van der Waals surface area (Å²) in [6, 6.07) is 7.28. The maximum Gasteiger partial charge on any atom is 0.244 e. The van der Waals surface area contributed by atoms with Crippen molar-refractivity contribution in [1.82, 2.24) is 45.2 Å². The fourth-order valence-electron chi connectivity index (χ4n) is 5.85. The van der Waals surface area contributed by atoms with Gasteiger partial charge in [-0.15, -0.1) is 31.7 Å². The molecule has 0 aliphatic carbocycles. The second-order valence-corrected chi connectivity index (χ2v) is 11.2. The van der Waals surface area contributed by atoms with E-state index in [4.69, 9.17) is 0 Å². The summed E-state index contributed by atoms with van der Waals surface area (Å²) >= 11 is 1.44. The van der Waals surface area contributed by atoms with E-state index in [0.717, 1.165) is 42.3 Å². The molecule has 1 N–H and O–H groups in total. The van der Waals surface area contributed by atoms with Crippen LogP contribution in [0, 0.1) is 18.3 Å². The predicted molar refractivity (Wildman–Crippen MR) is 133 cm³/mol. The molecular weight excluding hydrogens is 476 g/mol. The van der Waals surface area contributed by atoms with Gasteiger partial charge in [0.05, 0.1) is 6.04 Å². The number of amides is 1. The van der Waals surface area contributed by atoms with Gasteiger partial charge in [-0.05, 0) is 56.4 Å². The fourth-order valence-corrected chi connectivity index (χ4v) is 6.74. The topological polar surface area (TPSA) is 130 Å². The van der Waals surface area contributed by atoms with Gasteiger partial charge in [-0.1, -0.05) is 13.8 Å². The molecule has 0 unspecified atom stereocenters. The van der Waals surface area contributed by atoms with E-state index in [1.165, 1.54) is 35.3 Å². The van der Waals surface area contributed by atoms with Crippen LogP contribution in [-0.4, -0.2) is 64.4 Å². The second-order valence-electron chi connectivity index (χ2n) is 10.1. The summed E-state index contributed by atoms with van der Waals surface area (Å²) in [6.07, 6.45) is 6.69. The minimum atomic E-state index is -0.170. The number of nitriles is 1. The van der Waals surface area contributed by atoms with Crippen LogP contribution >= 0.6 is 11.3 Å². The molecule has 0 aromatic carbocycles. The molecule has 5 heterocycles. The van der Waals surface area contributed by atoms with Gasteiger partial charge in [0.15, 0.2) is 6.33 Å². The molecule has 0 saturated carbocycles. The quantitative estimate of drug-likeness (QED) is 0.467. The zero-order valence-electron chi connectivity index (χ0n) is 20.9. The molecule has 3 aromatic heterocycles. The summed E-state index contributed by atoms with van der Waals surface area (Å²) < 4.78 is 2.38. The van der Waals surface area contributed by atoms with E-state index in [2.05, 4.69) is 67.2 Å². The smallest absolute Gasteiger partial charge is 0.244 e. The summed E-state index contributed by atoms with van der Waals surface area (Å²) in [4.78, 5) is 18.3. The first-order chi connectivity index (χ1) is 17.4. The van der Waals surface area contributed by atoms with Crippen molar-refractivity contribution in [2.75, 3.05) is 6.54 Å². The molecule has 2 bridgehead atoms. The number of tetrazole rings is 1. The average Bonchev–Trinajstić information content (AvgIpc) is 3.64. The van der Waals surface area contributed by atoms with Crippen LogP contribution in [0.1, 0.15) is 85.4 Å². The maximum atomic E-state index is 12.7. The average molecular weight is 509 g/mol. The number of rotatable bonds is 9. The molecule has 0 spiro atoms. The monoisotopic (exact) mass is 508 g/mol. The van der Waals surface area contributed by atoms with Gasteiger partial charge in [0.1, 0.15) is 29.1 Å². The number of piperidine rings is 1. The van der Waals surface area contributed by atoms with Crippen molar-refractivity contribution in [3.05, 3.63) is 39.9 Å². The van der Waals surface area contributed by atoms with Gasteiger partial charge >= 0.3 is 0 Å². The molecule has 5 rings (SSSR count). The van der Waals surface area contributed by atoms with Crippen molar-refractivity contribution in [3.8, 4) is 6.07 Å². The Hall–Kier alpha value is -3.17. The second kappa shape index (κ2) is 10.4. The van der Waals surface area contributed by atoms with Crippen molar-refractivity contribution in [2.24, 2.45) is 0 Å². The number of hydrogen-bond acceptors (Lipinski definition) is 9. The highest BCUT2D eigenvalue weighted by atomic mass is 32.1. The molecule has 1 amide bonds. The molecular formula is C24H32N10OS. The van der Waals surface area contributed by atoms with Gasteiger partial charge in [-0.3, -0.25) is 9.69 Å². The first-order valence-electron chi connectivity index (χ1n) is 12.6. The Kier molecular flexibility index (Phi) is 7.11. The minimum absolute atomic E-state index is 0.0140. The Bertz CT molecular complexity index is 1210. The third-order valence-corrected chi connectivity index (χ3v) is 8.51. The standard InChI is InChI=1S/C24H32N10OS/c1-15(2)24-30-29-16(3)34(24)19-10-17-4-5-18(11-19)32(17)9-8-21(22-7-6-20(12-25)36-22)28-23(35)13-33-27-14-26-31-33/h6-7,14-15,17-19,21H,4-5,8-11,13H2,1-3H3,(H,28,35)/t17-,18+,19-,21-/m0/s1. The summed E-state index contributed by atoms with van der Waals surface area (Å²) in [5.74, 6) is 2.27. The van der Waals surface area contributed by atoms with Crippen LogP contribution in [0.3, 0.4) is 0 Å². The van der Waals surface area contributed by atoms with Crippen LogP contribution < -0.4 is 5.32 Å². The summed E-state index contributed by atoms with van der Waals surface area (Å²) in [6.45, 7) is 7.33. The Labute approximate surface area is 214 Å². The van der Waals surface area contributed by atoms with Crippen LogP contribution in [0.25, 0.3) is 0 Å². The number of nitrogens with zero attached hydrogens (tertiary/aromatic N) is 9. The van der Waals surface area contributed by atoms with E-state index in [1.54, 1.807) is 0 Å². The van der Waals surface area contributed by atoms with E-state index in [9.17, 15) is 10.1 Å². The Morgan fingerprint density at radius 2 is 2.00 bits per heavy atom. The Morgan fingerprint density at radius 3 is 2.64 bits per heavy atom. The highest BCUT2D eigenvalue weighted by Crippen LogP contribution is 2.42. The molecule has 2 aliphatic heterocycles. The normalized spacial score (nSPS) is 22.6. The van der Waals surface area contributed by atoms with Crippen LogP contribution in [0.5, 0.6) is 0 Å². The third-order valence-electron chi connectivity index (χ3n) is 7.40. The maximum absolute atomic E-state index is 12.7. The van der Waals surface area contributed by atoms with Crippen molar-refractivity contribution < 1.29 is 4.79 Å². The van der Waals surface area contributed by atoms with E-state index in [1.807, 2.05) is 12.1 Å². The number of hydrogen-bond donors (Lipinski definition) is 1. The first-order valence-corrected chi connectivity index (χ1v) is 13.4. The molecule has 0 radical (unpaired) electrons. The highest BCUT2D eigenvalue weighted by Gasteiger charge is 2.42. The van der Waals surface area contributed by atoms with Gasteiger partial charge < -0.3 is 9.88 Å². The SMILES string of the molecule is Cc1nnc(C(C)C)n1[C@@H]1C[C@H]2CC[C@@H](C1)N2CC[C@H](NC(=O)Cn1ncnn1)c1ccc(C#N)s1. The minimum Gasteiger partial charge on any atom is -0.347 e.